The molecule has 32 heavy (non-hydrogen) atoms. The number of hydrogen-bond donors (Lipinski definition) is 0. The molecule has 2 aromatic carbocycles. The van der Waals surface area contributed by atoms with Gasteiger partial charge >= 0.3 is 0 Å². The average Bonchev–Trinajstić information content (AvgIpc) is 2.77. The van der Waals surface area contributed by atoms with Crippen LogP contribution in [0.5, 0.6) is 11.6 Å². The summed E-state index contributed by atoms with van der Waals surface area (Å²) in [5.74, 6) is 0.463. The van der Waals surface area contributed by atoms with Crippen LogP contribution in [-0.2, 0) is 11.2 Å². The number of halogens is 3. The van der Waals surface area contributed by atoms with Crippen LogP contribution in [0.3, 0.4) is 0 Å². The molecule has 0 saturated carbocycles. The van der Waals surface area contributed by atoms with Gasteiger partial charge in [-0.05, 0) is 42.8 Å². The Kier molecular flexibility index (Phi) is 6.50. The fourth-order valence-corrected chi connectivity index (χ4v) is 3.85. The number of benzene rings is 2. The Morgan fingerprint density at radius 2 is 1.84 bits per heavy atom. The third kappa shape index (κ3) is 5.13. The fourth-order valence-electron chi connectivity index (χ4n) is 3.64. The van der Waals surface area contributed by atoms with Crippen molar-refractivity contribution < 1.29 is 18.3 Å². The Morgan fingerprint density at radius 3 is 2.56 bits per heavy atom. The van der Waals surface area contributed by atoms with Gasteiger partial charge in [-0.25, -0.2) is 18.7 Å². The van der Waals surface area contributed by atoms with Crippen molar-refractivity contribution in [3.63, 3.8) is 0 Å². The highest BCUT2D eigenvalue weighted by atomic mass is 35.5. The zero-order valence-electron chi connectivity index (χ0n) is 17.3. The summed E-state index contributed by atoms with van der Waals surface area (Å²) in [6.07, 6.45) is 1.62. The minimum atomic E-state index is -0.452. The van der Waals surface area contributed by atoms with E-state index in [1.807, 2.05) is 16.7 Å². The molecule has 1 atom stereocenters. The van der Waals surface area contributed by atoms with Gasteiger partial charge in [0.1, 0.15) is 29.5 Å². The van der Waals surface area contributed by atoms with Gasteiger partial charge in [0, 0.05) is 31.7 Å². The number of piperazine rings is 1. The second-order valence-corrected chi connectivity index (χ2v) is 7.98. The number of aromatic nitrogens is 2. The van der Waals surface area contributed by atoms with Gasteiger partial charge in [0.2, 0.25) is 11.8 Å². The van der Waals surface area contributed by atoms with Gasteiger partial charge in [0.15, 0.2) is 0 Å². The predicted molar refractivity (Wildman–Crippen MR) is 117 cm³/mol. The van der Waals surface area contributed by atoms with E-state index in [0.29, 0.717) is 31.2 Å². The first-order chi connectivity index (χ1) is 15.4. The largest absolute Gasteiger partial charge is 0.437 e. The lowest BCUT2D eigenvalue weighted by molar-refractivity contribution is -0.132. The maximum Gasteiger partial charge on any atom is 0.227 e. The Hall–Kier alpha value is -3.26. The normalized spacial score (nSPS) is 16.2. The van der Waals surface area contributed by atoms with Gasteiger partial charge < -0.3 is 14.5 Å². The highest BCUT2D eigenvalue weighted by Gasteiger charge is 2.28. The van der Waals surface area contributed by atoms with E-state index in [4.69, 9.17) is 16.3 Å². The molecule has 1 amide bonds. The van der Waals surface area contributed by atoms with Gasteiger partial charge in [-0.2, -0.15) is 0 Å². The van der Waals surface area contributed by atoms with E-state index in [-0.39, 0.29) is 35.1 Å². The molecule has 1 aliphatic heterocycles. The summed E-state index contributed by atoms with van der Waals surface area (Å²) < 4.78 is 32.0. The Labute approximate surface area is 189 Å². The average molecular weight is 459 g/mol. The van der Waals surface area contributed by atoms with E-state index in [9.17, 15) is 13.6 Å². The Bertz CT molecular complexity index is 1110. The van der Waals surface area contributed by atoms with Gasteiger partial charge in [-0.1, -0.05) is 23.7 Å². The first kappa shape index (κ1) is 22.0. The molecule has 0 N–H and O–H groups in total. The predicted octanol–water partition coefficient (Wildman–Crippen LogP) is 4.48. The molecule has 0 unspecified atom stereocenters. The standard InChI is InChI=1S/C23H21ClF2N4O2/c1-15-13-29(8-9-30(15)23(31)10-16-2-4-17(25)5-3-16)21-12-22(28-14-27-21)32-20-7-6-18(26)11-19(20)24/h2-7,11-12,14-15H,8-10,13H2,1H3/t15-/m1/s1. The third-order valence-electron chi connectivity index (χ3n) is 5.28. The first-order valence-electron chi connectivity index (χ1n) is 10.1. The molecular formula is C23H21ClF2N4O2. The van der Waals surface area contributed by atoms with Crippen LogP contribution in [0.4, 0.5) is 14.6 Å². The molecule has 0 spiro atoms. The van der Waals surface area contributed by atoms with Crippen molar-refractivity contribution in [2.45, 2.75) is 19.4 Å². The van der Waals surface area contributed by atoms with Crippen molar-refractivity contribution in [1.29, 1.82) is 0 Å². The Morgan fingerprint density at radius 1 is 1.09 bits per heavy atom. The summed E-state index contributed by atoms with van der Waals surface area (Å²) >= 11 is 6.02. The van der Waals surface area contributed by atoms with Crippen LogP contribution in [0.1, 0.15) is 12.5 Å². The van der Waals surface area contributed by atoms with Crippen molar-refractivity contribution in [2.75, 3.05) is 24.5 Å². The molecule has 0 bridgehead atoms. The molecule has 0 aliphatic carbocycles. The zero-order chi connectivity index (χ0) is 22.7. The number of hydrogen-bond acceptors (Lipinski definition) is 5. The molecule has 1 aromatic heterocycles. The minimum Gasteiger partial charge on any atom is -0.437 e. The van der Waals surface area contributed by atoms with E-state index in [1.54, 1.807) is 18.2 Å². The summed E-state index contributed by atoms with van der Waals surface area (Å²) in [6.45, 7) is 3.69. The van der Waals surface area contributed by atoms with E-state index in [0.717, 1.165) is 5.56 Å². The zero-order valence-corrected chi connectivity index (χ0v) is 18.1. The van der Waals surface area contributed by atoms with Crippen LogP contribution >= 0.6 is 11.6 Å². The van der Waals surface area contributed by atoms with Gasteiger partial charge in [-0.15, -0.1) is 0 Å². The molecule has 1 aliphatic rings. The third-order valence-corrected chi connectivity index (χ3v) is 5.57. The maximum atomic E-state index is 13.2. The van der Waals surface area contributed by atoms with Crippen LogP contribution in [-0.4, -0.2) is 46.5 Å². The van der Waals surface area contributed by atoms with Gasteiger partial charge in [0.25, 0.3) is 0 Å². The molecule has 166 valence electrons. The monoisotopic (exact) mass is 458 g/mol. The van der Waals surface area contributed by atoms with Gasteiger partial charge in [0.05, 0.1) is 11.4 Å². The smallest absolute Gasteiger partial charge is 0.227 e. The van der Waals surface area contributed by atoms with E-state index < -0.39 is 5.82 Å². The molecule has 2 heterocycles. The Balaban J connectivity index is 1.40. The highest BCUT2D eigenvalue weighted by molar-refractivity contribution is 6.32. The molecule has 9 heteroatoms. The molecule has 1 saturated heterocycles. The molecule has 4 rings (SSSR count). The van der Waals surface area contributed by atoms with Crippen LogP contribution in [0.2, 0.25) is 5.02 Å². The SMILES string of the molecule is C[C@@H]1CN(c2cc(Oc3ccc(F)cc3Cl)ncn2)CCN1C(=O)Cc1ccc(F)cc1. The number of nitrogens with zero attached hydrogens (tertiary/aromatic N) is 4. The molecule has 6 nitrogen and oxygen atoms in total. The lowest BCUT2D eigenvalue weighted by atomic mass is 10.1. The first-order valence-corrected chi connectivity index (χ1v) is 10.5. The van der Waals surface area contributed by atoms with Crippen LogP contribution in [0.25, 0.3) is 0 Å². The van der Waals surface area contributed by atoms with E-state index in [2.05, 4.69) is 9.97 Å². The van der Waals surface area contributed by atoms with E-state index in [1.165, 1.54) is 36.7 Å². The summed E-state index contributed by atoms with van der Waals surface area (Å²) in [5, 5.41) is 0.145. The second-order valence-electron chi connectivity index (χ2n) is 7.58. The summed E-state index contributed by atoms with van der Waals surface area (Å²) in [4.78, 5) is 25.1. The lowest BCUT2D eigenvalue weighted by Crippen LogP contribution is -2.54. The second kappa shape index (κ2) is 9.48. The maximum absolute atomic E-state index is 13.2. The quantitative estimate of drug-likeness (QED) is 0.564. The summed E-state index contributed by atoms with van der Waals surface area (Å²) in [5.41, 5.74) is 0.781. The lowest BCUT2D eigenvalue weighted by Gasteiger charge is -2.40. The van der Waals surface area contributed by atoms with Crippen molar-refractivity contribution in [1.82, 2.24) is 14.9 Å². The van der Waals surface area contributed by atoms with Crippen molar-refractivity contribution >= 4 is 23.3 Å². The summed E-state index contributed by atoms with van der Waals surface area (Å²) in [7, 11) is 0. The van der Waals surface area contributed by atoms with Crippen LogP contribution in [0, 0.1) is 11.6 Å². The van der Waals surface area contributed by atoms with Crippen LogP contribution in [0.15, 0.2) is 54.9 Å². The molecule has 3 aromatic rings. The van der Waals surface area contributed by atoms with Crippen molar-refractivity contribution in [2.24, 2.45) is 0 Å². The molecule has 1 fully saturated rings. The topological polar surface area (TPSA) is 58.6 Å². The van der Waals surface area contributed by atoms with E-state index >= 15 is 0 Å². The highest BCUT2D eigenvalue weighted by Crippen LogP contribution is 2.30. The molecule has 0 radical (unpaired) electrons. The number of anilines is 1. The number of amides is 1. The van der Waals surface area contributed by atoms with Crippen LogP contribution < -0.4 is 9.64 Å². The number of ether oxygens (including phenoxy) is 1. The minimum absolute atomic E-state index is 0.00131. The number of rotatable bonds is 5. The van der Waals surface area contributed by atoms with Gasteiger partial charge in [-0.3, -0.25) is 4.79 Å². The number of carbonyl (C=O) groups is 1. The summed E-state index contributed by atoms with van der Waals surface area (Å²) in [6, 6.07) is 11.5. The molecular weight excluding hydrogens is 438 g/mol. The fraction of sp³-hybridized carbons (Fsp3) is 0.261. The van der Waals surface area contributed by atoms with Crippen molar-refractivity contribution in [3.8, 4) is 11.6 Å². The van der Waals surface area contributed by atoms with Crippen molar-refractivity contribution in [3.05, 3.63) is 77.1 Å². The number of carbonyl (C=O) groups excluding carboxylic acids is 1.